The fourth-order valence-corrected chi connectivity index (χ4v) is 3.28. The summed E-state index contributed by atoms with van der Waals surface area (Å²) in [7, 11) is 0. The molecule has 3 heterocycles. The van der Waals surface area contributed by atoms with Gasteiger partial charge >= 0.3 is 0 Å². The lowest BCUT2D eigenvalue weighted by molar-refractivity contribution is 0.0700. The van der Waals surface area contributed by atoms with Gasteiger partial charge in [-0.2, -0.15) is 0 Å². The number of fused-ring (bicyclic) bond motifs is 1. The highest BCUT2D eigenvalue weighted by atomic mass is 16.3. The van der Waals surface area contributed by atoms with Crippen LogP contribution in [0.3, 0.4) is 0 Å². The summed E-state index contributed by atoms with van der Waals surface area (Å²) in [4.78, 5) is 22.9. The minimum Gasteiger partial charge on any atom is -0.506 e. The number of nitrogens with zero attached hydrogens (tertiary/aromatic N) is 3. The summed E-state index contributed by atoms with van der Waals surface area (Å²) in [6.45, 7) is 3.30. The zero-order valence-corrected chi connectivity index (χ0v) is 14.0. The Morgan fingerprint density at radius 3 is 2.72 bits per heavy atom. The van der Waals surface area contributed by atoms with Crippen molar-refractivity contribution < 1.29 is 14.3 Å². The van der Waals surface area contributed by atoms with E-state index in [0.717, 1.165) is 35.4 Å². The summed E-state index contributed by atoms with van der Waals surface area (Å²) in [5.74, 6) is 0.941. The van der Waals surface area contributed by atoms with Crippen LogP contribution >= 0.6 is 0 Å². The van der Waals surface area contributed by atoms with Gasteiger partial charge in [0.2, 0.25) is 0 Å². The second-order valence-corrected chi connectivity index (χ2v) is 6.44. The Balaban J connectivity index is 1.46. The van der Waals surface area contributed by atoms with Crippen molar-refractivity contribution in [3.05, 3.63) is 53.7 Å². The van der Waals surface area contributed by atoms with Crippen LogP contribution in [0.15, 0.2) is 40.9 Å². The van der Waals surface area contributed by atoms with E-state index in [1.807, 2.05) is 25.1 Å². The van der Waals surface area contributed by atoms with Crippen LogP contribution in [0.2, 0.25) is 0 Å². The Labute approximate surface area is 145 Å². The Bertz CT molecular complexity index is 909. The number of pyridine rings is 1. The number of benzene rings is 1. The van der Waals surface area contributed by atoms with Crippen LogP contribution in [0.25, 0.3) is 11.1 Å². The molecule has 1 N–H and O–H groups in total. The number of carbonyl (C=O) groups is 1. The van der Waals surface area contributed by atoms with E-state index in [0.29, 0.717) is 18.8 Å². The number of hydrogen-bond acceptors (Lipinski definition) is 5. The van der Waals surface area contributed by atoms with Gasteiger partial charge in [-0.3, -0.25) is 4.79 Å². The van der Waals surface area contributed by atoms with E-state index in [4.69, 9.17) is 4.42 Å². The van der Waals surface area contributed by atoms with Gasteiger partial charge in [-0.05, 0) is 43.5 Å². The molecule has 1 amide bonds. The topological polar surface area (TPSA) is 79.5 Å². The van der Waals surface area contributed by atoms with E-state index in [2.05, 4.69) is 9.97 Å². The van der Waals surface area contributed by atoms with E-state index in [-0.39, 0.29) is 17.6 Å². The number of rotatable bonds is 2. The third-order valence-electron chi connectivity index (χ3n) is 4.73. The number of para-hydroxylation sites is 1. The average molecular weight is 337 g/mol. The van der Waals surface area contributed by atoms with Gasteiger partial charge in [-0.15, -0.1) is 0 Å². The van der Waals surface area contributed by atoms with Crippen LogP contribution in [-0.2, 0) is 0 Å². The quantitative estimate of drug-likeness (QED) is 0.776. The van der Waals surface area contributed by atoms with Crippen molar-refractivity contribution in [3.63, 3.8) is 0 Å². The largest absolute Gasteiger partial charge is 0.506 e. The van der Waals surface area contributed by atoms with Crippen LogP contribution < -0.4 is 0 Å². The highest BCUT2D eigenvalue weighted by Gasteiger charge is 2.28. The maximum absolute atomic E-state index is 12.5. The number of hydrogen-bond donors (Lipinski definition) is 1. The average Bonchev–Trinajstić information content (AvgIpc) is 3.08. The molecule has 1 aromatic carbocycles. The number of aromatic hydroxyl groups is 1. The van der Waals surface area contributed by atoms with Gasteiger partial charge in [0.1, 0.15) is 17.0 Å². The second kappa shape index (κ2) is 6.20. The van der Waals surface area contributed by atoms with Crippen LogP contribution in [0.1, 0.15) is 40.7 Å². The lowest BCUT2D eigenvalue weighted by Crippen LogP contribution is -2.38. The van der Waals surface area contributed by atoms with Gasteiger partial charge in [-0.1, -0.05) is 12.1 Å². The van der Waals surface area contributed by atoms with Crippen molar-refractivity contribution in [2.24, 2.45) is 0 Å². The van der Waals surface area contributed by atoms with Gasteiger partial charge in [0.05, 0.1) is 6.20 Å². The molecule has 0 bridgehead atoms. The normalized spacial score (nSPS) is 15.6. The number of oxazole rings is 1. The van der Waals surface area contributed by atoms with Crippen LogP contribution in [0.5, 0.6) is 5.75 Å². The molecule has 0 unspecified atom stereocenters. The third kappa shape index (κ3) is 2.95. The molecule has 25 heavy (non-hydrogen) atoms. The first kappa shape index (κ1) is 15.6. The number of piperidine rings is 1. The smallest absolute Gasteiger partial charge is 0.272 e. The summed E-state index contributed by atoms with van der Waals surface area (Å²) in [6.07, 6.45) is 2.92. The van der Waals surface area contributed by atoms with Gasteiger partial charge in [0.25, 0.3) is 5.91 Å². The Hall–Kier alpha value is -2.89. The zero-order valence-electron chi connectivity index (χ0n) is 14.0. The first-order valence-corrected chi connectivity index (χ1v) is 8.42. The maximum atomic E-state index is 12.5. The van der Waals surface area contributed by atoms with E-state index in [9.17, 15) is 9.90 Å². The predicted molar refractivity (Wildman–Crippen MR) is 92.5 cm³/mol. The minimum atomic E-state index is -0.105. The standard InChI is InChI=1S/C19H19N3O3/c1-12-3-2-4-15-17(12)25-18(21-15)13-7-9-22(10-8-13)19(24)16-6-5-14(23)11-20-16/h2-6,11,13,23H,7-10H2,1H3. The zero-order chi connectivity index (χ0) is 17.4. The van der Waals surface area contributed by atoms with Crippen molar-refractivity contribution in [1.29, 1.82) is 0 Å². The lowest BCUT2D eigenvalue weighted by atomic mass is 9.96. The van der Waals surface area contributed by atoms with Crippen molar-refractivity contribution in [3.8, 4) is 5.75 Å². The van der Waals surface area contributed by atoms with Gasteiger partial charge in [0.15, 0.2) is 11.5 Å². The van der Waals surface area contributed by atoms with Crippen molar-refractivity contribution in [2.45, 2.75) is 25.7 Å². The molecular weight excluding hydrogens is 318 g/mol. The highest BCUT2D eigenvalue weighted by Crippen LogP contribution is 2.31. The molecule has 0 atom stereocenters. The molecule has 1 saturated heterocycles. The summed E-state index contributed by atoms with van der Waals surface area (Å²) in [5, 5.41) is 9.28. The molecule has 2 aromatic heterocycles. The molecule has 0 saturated carbocycles. The fraction of sp³-hybridized carbons (Fsp3) is 0.316. The second-order valence-electron chi connectivity index (χ2n) is 6.44. The van der Waals surface area contributed by atoms with Gasteiger partial charge < -0.3 is 14.4 Å². The molecule has 128 valence electrons. The molecule has 1 aliphatic heterocycles. The van der Waals surface area contributed by atoms with Crippen molar-refractivity contribution >= 4 is 17.0 Å². The number of likely N-dealkylation sites (tertiary alicyclic amines) is 1. The Morgan fingerprint density at radius 1 is 1.24 bits per heavy atom. The van der Waals surface area contributed by atoms with E-state index < -0.39 is 0 Å². The van der Waals surface area contributed by atoms with E-state index >= 15 is 0 Å². The molecule has 1 aliphatic rings. The fourth-order valence-electron chi connectivity index (χ4n) is 3.28. The van der Waals surface area contributed by atoms with Crippen molar-refractivity contribution in [2.75, 3.05) is 13.1 Å². The maximum Gasteiger partial charge on any atom is 0.272 e. The summed E-state index contributed by atoms with van der Waals surface area (Å²) in [6, 6.07) is 8.99. The van der Waals surface area contributed by atoms with Crippen LogP contribution in [-0.4, -0.2) is 39.0 Å². The number of aromatic nitrogens is 2. The molecular formula is C19H19N3O3. The van der Waals surface area contributed by atoms with Crippen LogP contribution in [0.4, 0.5) is 0 Å². The summed E-state index contributed by atoms with van der Waals surface area (Å²) >= 11 is 0. The number of amides is 1. The minimum absolute atomic E-state index is 0.0570. The molecule has 1 fully saturated rings. The third-order valence-corrected chi connectivity index (χ3v) is 4.73. The number of carbonyl (C=O) groups excluding carboxylic acids is 1. The molecule has 0 radical (unpaired) electrons. The monoisotopic (exact) mass is 337 g/mol. The Morgan fingerprint density at radius 2 is 2.04 bits per heavy atom. The lowest BCUT2D eigenvalue weighted by Gasteiger charge is -2.30. The van der Waals surface area contributed by atoms with Gasteiger partial charge in [-0.25, -0.2) is 9.97 Å². The highest BCUT2D eigenvalue weighted by molar-refractivity contribution is 5.92. The SMILES string of the molecule is Cc1cccc2nc(C3CCN(C(=O)c4ccc(O)cn4)CC3)oc12. The van der Waals surface area contributed by atoms with E-state index in [1.54, 1.807) is 11.0 Å². The molecule has 3 aromatic rings. The summed E-state index contributed by atoms with van der Waals surface area (Å²) in [5.41, 5.74) is 3.18. The molecule has 0 spiro atoms. The molecule has 4 rings (SSSR count). The number of aryl methyl sites for hydroxylation is 1. The first-order valence-electron chi connectivity index (χ1n) is 8.42. The summed E-state index contributed by atoms with van der Waals surface area (Å²) < 4.78 is 5.98. The van der Waals surface area contributed by atoms with E-state index in [1.165, 1.54) is 12.3 Å². The van der Waals surface area contributed by atoms with Crippen molar-refractivity contribution in [1.82, 2.24) is 14.9 Å². The molecule has 0 aliphatic carbocycles. The van der Waals surface area contributed by atoms with Gasteiger partial charge in [0, 0.05) is 19.0 Å². The molecule has 6 heteroatoms. The first-order chi connectivity index (χ1) is 12.1. The van der Waals surface area contributed by atoms with Crippen LogP contribution in [0, 0.1) is 6.92 Å². The Kier molecular flexibility index (Phi) is 3.87. The predicted octanol–water partition coefficient (Wildman–Crippen LogP) is 3.26. The molecule has 6 nitrogen and oxygen atoms in total.